The fourth-order valence-electron chi connectivity index (χ4n) is 4.10. The van der Waals surface area contributed by atoms with Crippen LogP contribution in [0, 0.1) is 0 Å². The third-order valence-corrected chi connectivity index (χ3v) is 5.71. The van der Waals surface area contributed by atoms with E-state index in [0.29, 0.717) is 11.4 Å². The van der Waals surface area contributed by atoms with E-state index in [1.54, 1.807) is 19.1 Å². The average molecular weight is 422 g/mol. The summed E-state index contributed by atoms with van der Waals surface area (Å²) in [6, 6.07) is 15.2. The fraction of sp³-hybridized carbons (Fsp3) is 0.375. The van der Waals surface area contributed by atoms with Gasteiger partial charge in [-0.2, -0.15) is 0 Å². The molecule has 0 saturated heterocycles. The largest absolute Gasteiger partial charge is 0.482 e. The Hall–Kier alpha value is -3.35. The summed E-state index contributed by atoms with van der Waals surface area (Å²) in [5.74, 6) is -0.449. The van der Waals surface area contributed by atoms with Crippen molar-refractivity contribution in [1.82, 2.24) is 5.32 Å². The highest BCUT2D eigenvalue weighted by molar-refractivity contribution is 5.98. The number of nitrogens with one attached hydrogen (secondary N) is 1. The average Bonchev–Trinajstić information content (AvgIpc) is 2.78. The van der Waals surface area contributed by atoms with Crippen molar-refractivity contribution in [3.8, 4) is 5.75 Å². The first kappa shape index (κ1) is 20.9. The van der Waals surface area contributed by atoms with Crippen LogP contribution in [0.2, 0.25) is 0 Å². The maximum atomic E-state index is 12.6. The maximum absolute atomic E-state index is 12.6. The maximum Gasteiger partial charge on any atom is 0.308 e. The van der Waals surface area contributed by atoms with E-state index in [-0.39, 0.29) is 37.4 Å². The van der Waals surface area contributed by atoms with Crippen LogP contribution in [0.5, 0.6) is 5.75 Å². The molecule has 31 heavy (non-hydrogen) atoms. The highest BCUT2D eigenvalue weighted by atomic mass is 16.5. The lowest BCUT2D eigenvalue weighted by Gasteiger charge is -2.29. The van der Waals surface area contributed by atoms with Gasteiger partial charge in [-0.05, 0) is 49.4 Å². The summed E-state index contributed by atoms with van der Waals surface area (Å²) >= 11 is 0. The zero-order valence-corrected chi connectivity index (χ0v) is 17.5. The van der Waals surface area contributed by atoms with Crippen molar-refractivity contribution >= 4 is 23.5 Å². The number of carbonyl (C=O) groups excluding carboxylic acids is 3. The summed E-state index contributed by atoms with van der Waals surface area (Å²) in [6.45, 7) is 1.67. The summed E-state index contributed by atoms with van der Waals surface area (Å²) < 4.78 is 10.7. The van der Waals surface area contributed by atoms with E-state index < -0.39 is 12.1 Å². The minimum Gasteiger partial charge on any atom is -0.482 e. The molecule has 2 atom stereocenters. The van der Waals surface area contributed by atoms with Crippen LogP contribution < -0.4 is 15.0 Å². The smallest absolute Gasteiger partial charge is 0.308 e. The Kier molecular flexibility index (Phi) is 6.21. The summed E-state index contributed by atoms with van der Waals surface area (Å²) in [7, 11) is 0. The Labute approximate surface area is 181 Å². The lowest BCUT2D eigenvalue weighted by Crippen LogP contribution is -2.41. The molecular formula is C24H26N2O5. The molecule has 0 aromatic heterocycles. The van der Waals surface area contributed by atoms with Crippen LogP contribution in [0.3, 0.4) is 0 Å². The monoisotopic (exact) mass is 422 g/mol. The summed E-state index contributed by atoms with van der Waals surface area (Å²) in [5.41, 5.74) is 3.01. The molecule has 0 unspecified atom stereocenters. The van der Waals surface area contributed by atoms with Gasteiger partial charge in [0.2, 0.25) is 0 Å². The number of para-hydroxylation sites is 2. The van der Waals surface area contributed by atoms with Crippen molar-refractivity contribution in [2.24, 2.45) is 0 Å². The second kappa shape index (κ2) is 9.20. The van der Waals surface area contributed by atoms with Gasteiger partial charge in [0.05, 0.1) is 18.2 Å². The Morgan fingerprint density at radius 1 is 1.19 bits per heavy atom. The molecule has 1 heterocycles. The van der Waals surface area contributed by atoms with E-state index in [9.17, 15) is 14.4 Å². The van der Waals surface area contributed by atoms with Gasteiger partial charge in [-0.15, -0.1) is 0 Å². The highest BCUT2D eigenvalue weighted by Gasteiger charge is 2.28. The van der Waals surface area contributed by atoms with Gasteiger partial charge in [0.1, 0.15) is 5.75 Å². The van der Waals surface area contributed by atoms with Crippen molar-refractivity contribution in [3.63, 3.8) is 0 Å². The fourth-order valence-corrected chi connectivity index (χ4v) is 4.10. The van der Waals surface area contributed by atoms with E-state index >= 15 is 0 Å². The molecular weight excluding hydrogens is 396 g/mol. The number of esters is 1. The molecule has 162 valence electrons. The number of hydrogen-bond donors (Lipinski definition) is 1. The van der Waals surface area contributed by atoms with Crippen molar-refractivity contribution in [3.05, 3.63) is 59.7 Å². The molecule has 0 fully saturated rings. The standard InChI is InChI=1S/C24H26N2O5/c1-16(24(29)25-19-10-6-8-17-7-2-3-9-18(17)19)31-23(28)13-14-26-20-11-4-5-12-21(20)30-15-22(26)27/h2-5,7,9,11-12,16,19H,6,8,10,13-15H2,1H3,(H,25,29)/t16-,19+/m1/s1. The second-order valence-corrected chi connectivity index (χ2v) is 7.84. The Morgan fingerprint density at radius 2 is 1.97 bits per heavy atom. The molecule has 2 amide bonds. The molecule has 4 rings (SSSR count). The number of nitrogens with zero attached hydrogens (tertiary/aromatic N) is 1. The van der Waals surface area contributed by atoms with Crippen LogP contribution >= 0.6 is 0 Å². The van der Waals surface area contributed by atoms with Gasteiger partial charge in [-0.3, -0.25) is 14.4 Å². The number of aryl methyl sites for hydroxylation is 1. The second-order valence-electron chi connectivity index (χ2n) is 7.84. The molecule has 0 bridgehead atoms. The molecule has 1 N–H and O–H groups in total. The van der Waals surface area contributed by atoms with Crippen molar-refractivity contribution in [2.45, 2.75) is 44.8 Å². The Bertz CT molecular complexity index is 989. The number of hydrogen-bond acceptors (Lipinski definition) is 5. The van der Waals surface area contributed by atoms with Gasteiger partial charge in [0.25, 0.3) is 11.8 Å². The molecule has 1 aliphatic heterocycles. The van der Waals surface area contributed by atoms with Gasteiger partial charge >= 0.3 is 5.97 Å². The van der Waals surface area contributed by atoms with Gasteiger partial charge < -0.3 is 19.7 Å². The number of amides is 2. The number of rotatable bonds is 6. The molecule has 0 saturated carbocycles. The molecule has 7 nitrogen and oxygen atoms in total. The molecule has 0 spiro atoms. The van der Waals surface area contributed by atoms with Crippen molar-refractivity contribution in [1.29, 1.82) is 0 Å². The van der Waals surface area contributed by atoms with Crippen LogP contribution in [0.4, 0.5) is 5.69 Å². The predicted molar refractivity (Wildman–Crippen MR) is 115 cm³/mol. The molecule has 2 aromatic rings. The van der Waals surface area contributed by atoms with E-state index in [4.69, 9.17) is 9.47 Å². The first-order valence-corrected chi connectivity index (χ1v) is 10.6. The van der Waals surface area contributed by atoms with Crippen LogP contribution in [-0.4, -0.2) is 37.0 Å². The summed E-state index contributed by atoms with van der Waals surface area (Å²) in [4.78, 5) is 38.7. The van der Waals surface area contributed by atoms with Crippen molar-refractivity contribution in [2.75, 3.05) is 18.1 Å². The number of fused-ring (bicyclic) bond motifs is 2. The third-order valence-electron chi connectivity index (χ3n) is 5.71. The van der Waals surface area contributed by atoms with Gasteiger partial charge in [0, 0.05) is 6.54 Å². The van der Waals surface area contributed by atoms with Crippen LogP contribution in [0.1, 0.15) is 43.4 Å². The first-order chi connectivity index (χ1) is 15.0. The number of carbonyl (C=O) groups is 3. The Balaban J connectivity index is 1.30. The lowest BCUT2D eigenvalue weighted by atomic mass is 9.87. The molecule has 0 radical (unpaired) electrons. The van der Waals surface area contributed by atoms with E-state index in [1.807, 2.05) is 30.3 Å². The van der Waals surface area contributed by atoms with Crippen LogP contribution in [-0.2, 0) is 25.5 Å². The number of benzene rings is 2. The van der Waals surface area contributed by atoms with Gasteiger partial charge in [-0.25, -0.2) is 0 Å². The SMILES string of the molecule is C[C@@H](OC(=O)CCN1C(=O)COc2ccccc21)C(=O)N[C@H]1CCCc2ccccc21. The zero-order chi connectivity index (χ0) is 21.8. The van der Waals surface area contributed by atoms with Crippen LogP contribution in [0.25, 0.3) is 0 Å². The lowest BCUT2D eigenvalue weighted by molar-refractivity contribution is -0.155. The minimum atomic E-state index is -0.908. The number of ether oxygens (including phenoxy) is 2. The zero-order valence-electron chi connectivity index (χ0n) is 17.5. The Morgan fingerprint density at radius 3 is 2.84 bits per heavy atom. The normalized spacial score (nSPS) is 18.3. The topological polar surface area (TPSA) is 84.9 Å². The van der Waals surface area contributed by atoms with E-state index in [2.05, 4.69) is 11.4 Å². The van der Waals surface area contributed by atoms with E-state index in [1.165, 1.54) is 10.5 Å². The number of anilines is 1. The predicted octanol–water partition coefficient (Wildman–Crippen LogP) is 2.93. The summed E-state index contributed by atoms with van der Waals surface area (Å²) in [5, 5.41) is 3.01. The molecule has 2 aliphatic rings. The molecule has 1 aliphatic carbocycles. The summed E-state index contributed by atoms with van der Waals surface area (Å²) in [6.07, 6.45) is 1.96. The molecule has 2 aromatic carbocycles. The first-order valence-electron chi connectivity index (χ1n) is 10.6. The van der Waals surface area contributed by atoms with Crippen molar-refractivity contribution < 1.29 is 23.9 Å². The van der Waals surface area contributed by atoms with Crippen LogP contribution in [0.15, 0.2) is 48.5 Å². The highest BCUT2D eigenvalue weighted by Crippen LogP contribution is 2.32. The molecule has 7 heteroatoms. The quantitative estimate of drug-likeness (QED) is 0.724. The van der Waals surface area contributed by atoms with E-state index in [0.717, 1.165) is 24.8 Å². The minimum absolute atomic E-state index is 0.00996. The van der Waals surface area contributed by atoms with Gasteiger partial charge in [0.15, 0.2) is 12.7 Å². The third kappa shape index (κ3) is 4.71. The van der Waals surface area contributed by atoms with Gasteiger partial charge in [-0.1, -0.05) is 36.4 Å².